The van der Waals surface area contributed by atoms with Crippen molar-refractivity contribution in [1.29, 1.82) is 0 Å². The molecule has 0 aliphatic heterocycles. The Morgan fingerprint density at radius 2 is 2.18 bits per heavy atom. The number of hydrogen-bond acceptors (Lipinski definition) is 3. The molecule has 4 heteroatoms. The van der Waals surface area contributed by atoms with Crippen molar-refractivity contribution < 1.29 is 14.3 Å². The van der Waals surface area contributed by atoms with Gasteiger partial charge in [0, 0.05) is 5.92 Å². The highest BCUT2D eigenvalue weighted by Crippen LogP contribution is 2.53. The van der Waals surface area contributed by atoms with Gasteiger partial charge in [0.05, 0.1) is 5.92 Å². The lowest BCUT2D eigenvalue weighted by molar-refractivity contribution is -0.172. The van der Waals surface area contributed by atoms with E-state index in [1.807, 2.05) is 6.92 Å². The Kier molecular flexibility index (Phi) is 3.23. The minimum atomic E-state index is -0.414. The molecule has 0 aromatic rings. The van der Waals surface area contributed by atoms with Gasteiger partial charge in [0.25, 0.3) is 0 Å². The molecule has 0 spiro atoms. The molecule has 0 radical (unpaired) electrons. The summed E-state index contributed by atoms with van der Waals surface area (Å²) >= 11 is 5.43. The highest BCUT2D eigenvalue weighted by molar-refractivity contribution is 6.26. The number of rotatable bonds is 2. The second-order valence-corrected chi connectivity index (χ2v) is 6.26. The Bertz CT molecular complexity index is 351. The van der Waals surface area contributed by atoms with Crippen molar-refractivity contribution in [2.24, 2.45) is 23.2 Å². The zero-order chi connectivity index (χ0) is 12.8. The molecule has 0 saturated heterocycles. The van der Waals surface area contributed by atoms with Crippen LogP contribution in [0, 0.1) is 23.2 Å². The van der Waals surface area contributed by atoms with E-state index in [1.54, 1.807) is 0 Å². The summed E-state index contributed by atoms with van der Waals surface area (Å²) in [4.78, 5) is 23.4. The number of hydrogen-bond donors (Lipinski definition) is 0. The molecule has 0 aromatic heterocycles. The molecule has 2 bridgehead atoms. The van der Waals surface area contributed by atoms with Gasteiger partial charge in [-0.15, -0.1) is 11.6 Å². The number of ether oxygens (including phenoxy) is 1. The zero-order valence-corrected chi connectivity index (χ0v) is 11.3. The molecule has 3 nitrogen and oxygen atoms in total. The van der Waals surface area contributed by atoms with E-state index in [0.29, 0.717) is 5.92 Å². The minimum Gasteiger partial charge on any atom is -0.461 e. The standard InChI is InChI=1S/C13H19ClO3/c1-7-9-4-10(17-11(15)6-14)8(12(7)16)5-13(9,2)3/h7-10H,4-6H2,1-3H3/t7-,8+,9+,10-/m1/s1. The fourth-order valence-electron chi connectivity index (χ4n) is 3.61. The predicted molar refractivity (Wildman–Crippen MR) is 64.8 cm³/mol. The van der Waals surface area contributed by atoms with Crippen LogP contribution in [0.15, 0.2) is 0 Å². The van der Waals surface area contributed by atoms with Crippen LogP contribution in [0.1, 0.15) is 33.6 Å². The Hall–Kier alpha value is -0.570. The second kappa shape index (κ2) is 4.27. The monoisotopic (exact) mass is 258 g/mol. The van der Waals surface area contributed by atoms with Crippen molar-refractivity contribution in [3.8, 4) is 0 Å². The molecule has 96 valence electrons. The van der Waals surface area contributed by atoms with Gasteiger partial charge >= 0.3 is 5.97 Å². The third-order valence-electron chi connectivity index (χ3n) is 4.49. The molecule has 0 aromatic carbocycles. The largest absolute Gasteiger partial charge is 0.461 e. The van der Waals surface area contributed by atoms with Crippen LogP contribution < -0.4 is 0 Å². The number of carbonyl (C=O) groups is 2. The summed E-state index contributed by atoms with van der Waals surface area (Å²) in [7, 11) is 0. The van der Waals surface area contributed by atoms with E-state index in [4.69, 9.17) is 16.3 Å². The van der Waals surface area contributed by atoms with E-state index >= 15 is 0 Å². The fourth-order valence-corrected chi connectivity index (χ4v) is 3.68. The lowest BCUT2D eigenvalue weighted by Gasteiger charge is -2.53. The van der Waals surface area contributed by atoms with Gasteiger partial charge < -0.3 is 4.74 Å². The van der Waals surface area contributed by atoms with Crippen LogP contribution in [0.4, 0.5) is 0 Å². The Balaban J connectivity index is 2.17. The van der Waals surface area contributed by atoms with Crippen molar-refractivity contribution in [3.05, 3.63) is 0 Å². The van der Waals surface area contributed by atoms with Crippen molar-refractivity contribution in [3.63, 3.8) is 0 Å². The molecule has 0 unspecified atom stereocenters. The first-order valence-corrected chi connectivity index (χ1v) is 6.69. The maximum absolute atomic E-state index is 12.1. The Labute approximate surface area is 107 Å². The molecule has 17 heavy (non-hydrogen) atoms. The summed E-state index contributed by atoms with van der Waals surface area (Å²) < 4.78 is 5.29. The van der Waals surface area contributed by atoms with Gasteiger partial charge in [0.15, 0.2) is 0 Å². The van der Waals surface area contributed by atoms with Crippen molar-refractivity contribution >= 4 is 23.4 Å². The van der Waals surface area contributed by atoms with E-state index < -0.39 is 5.97 Å². The van der Waals surface area contributed by atoms with Gasteiger partial charge in [0.1, 0.15) is 17.8 Å². The molecule has 3 fully saturated rings. The first-order valence-electron chi connectivity index (χ1n) is 6.16. The number of esters is 1. The molecule has 0 N–H and O–H groups in total. The summed E-state index contributed by atoms with van der Waals surface area (Å²) in [5.74, 6) is -0.0171. The molecule has 3 aliphatic carbocycles. The average Bonchev–Trinajstić information content (AvgIpc) is 2.26. The van der Waals surface area contributed by atoms with Crippen LogP contribution >= 0.6 is 11.6 Å². The van der Waals surface area contributed by atoms with E-state index in [-0.39, 0.29) is 35.0 Å². The minimum absolute atomic E-state index is 0.0923. The van der Waals surface area contributed by atoms with Gasteiger partial charge in [-0.25, -0.2) is 0 Å². The lowest BCUT2D eigenvalue weighted by atomic mass is 9.52. The molecular weight excluding hydrogens is 240 g/mol. The summed E-state index contributed by atoms with van der Waals surface area (Å²) in [5, 5.41) is 0. The summed E-state index contributed by atoms with van der Waals surface area (Å²) in [6, 6.07) is 0. The van der Waals surface area contributed by atoms with E-state index in [0.717, 1.165) is 12.8 Å². The third-order valence-corrected chi connectivity index (χ3v) is 4.71. The molecule has 3 rings (SSSR count). The van der Waals surface area contributed by atoms with Gasteiger partial charge in [-0.2, -0.15) is 0 Å². The molecule has 0 amide bonds. The highest BCUT2D eigenvalue weighted by atomic mass is 35.5. The van der Waals surface area contributed by atoms with Gasteiger partial charge in [-0.3, -0.25) is 9.59 Å². The van der Waals surface area contributed by atoms with E-state index in [2.05, 4.69) is 13.8 Å². The summed E-state index contributed by atoms with van der Waals surface area (Å²) in [5.41, 5.74) is 0.169. The van der Waals surface area contributed by atoms with E-state index in [9.17, 15) is 9.59 Å². The van der Waals surface area contributed by atoms with Gasteiger partial charge in [-0.05, 0) is 24.2 Å². The normalized spacial score (nSPS) is 39.2. The smallest absolute Gasteiger partial charge is 0.321 e. The quantitative estimate of drug-likeness (QED) is 0.564. The number of halogens is 1. The highest BCUT2D eigenvalue weighted by Gasteiger charge is 2.55. The molecule has 3 saturated carbocycles. The maximum atomic E-state index is 12.1. The summed E-state index contributed by atoms with van der Waals surface area (Å²) in [6.45, 7) is 6.40. The van der Waals surface area contributed by atoms with Gasteiger partial charge in [0.2, 0.25) is 0 Å². The summed E-state index contributed by atoms with van der Waals surface area (Å²) in [6.07, 6.45) is 1.37. The van der Waals surface area contributed by atoms with Crippen LogP contribution in [-0.2, 0) is 14.3 Å². The van der Waals surface area contributed by atoms with Crippen molar-refractivity contribution in [1.82, 2.24) is 0 Å². The lowest BCUT2D eigenvalue weighted by Crippen LogP contribution is -2.56. The number of carbonyl (C=O) groups excluding carboxylic acids is 2. The topological polar surface area (TPSA) is 43.4 Å². The van der Waals surface area contributed by atoms with Crippen LogP contribution in [-0.4, -0.2) is 23.7 Å². The molecule has 0 heterocycles. The average molecular weight is 259 g/mol. The first kappa shape index (κ1) is 12.9. The van der Waals surface area contributed by atoms with Crippen LogP contribution in [0.25, 0.3) is 0 Å². The van der Waals surface area contributed by atoms with Crippen molar-refractivity contribution in [2.45, 2.75) is 39.7 Å². The fraction of sp³-hybridized carbons (Fsp3) is 0.846. The Morgan fingerprint density at radius 3 is 2.76 bits per heavy atom. The van der Waals surface area contributed by atoms with Crippen LogP contribution in [0.3, 0.4) is 0 Å². The maximum Gasteiger partial charge on any atom is 0.321 e. The molecule has 3 aliphatic rings. The SMILES string of the molecule is C[C@H]1C(=O)[C@H]2CC(C)(C)[C@H]1C[C@H]2OC(=O)CCl. The number of alkyl halides is 1. The zero-order valence-electron chi connectivity index (χ0n) is 10.5. The van der Waals surface area contributed by atoms with E-state index in [1.165, 1.54) is 0 Å². The second-order valence-electron chi connectivity index (χ2n) is 5.99. The molecular formula is C13H19ClO3. The molecule has 4 atom stereocenters. The van der Waals surface area contributed by atoms with Gasteiger partial charge in [-0.1, -0.05) is 20.8 Å². The number of fused-ring (bicyclic) bond motifs is 3. The Morgan fingerprint density at radius 1 is 1.53 bits per heavy atom. The third kappa shape index (κ3) is 2.10. The number of ketones is 1. The number of Topliss-reactive ketones (excluding diaryl/α,β-unsaturated/α-hetero) is 1. The first-order chi connectivity index (χ1) is 7.86. The predicted octanol–water partition coefficient (Wildman–Crippen LogP) is 2.41. The van der Waals surface area contributed by atoms with Crippen molar-refractivity contribution in [2.75, 3.05) is 5.88 Å². The van der Waals surface area contributed by atoms with Crippen LogP contribution in [0.5, 0.6) is 0 Å². The van der Waals surface area contributed by atoms with Crippen LogP contribution in [0.2, 0.25) is 0 Å².